The van der Waals surface area contributed by atoms with E-state index in [-0.39, 0.29) is 11.9 Å². The molecule has 3 N–H and O–H groups in total. The SMILES string of the molecule is NNC(c1ccc(C2CCC2)cc1)c1ccc(Cl)cc1F. The van der Waals surface area contributed by atoms with E-state index in [2.05, 4.69) is 17.6 Å². The Morgan fingerprint density at radius 1 is 1.14 bits per heavy atom. The molecule has 0 aliphatic heterocycles. The third-order valence-corrected chi connectivity index (χ3v) is 4.52. The minimum absolute atomic E-state index is 0.353. The Kier molecular flexibility index (Phi) is 4.24. The van der Waals surface area contributed by atoms with Gasteiger partial charge in [-0.1, -0.05) is 48.4 Å². The highest BCUT2D eigenvalue weighted by Crippen LogP contribution is 2.37. The largest absolute Gasteiger partial charge is 0.271 e. The first kappa shape index (κ1) is 14.5. The summed E-state index contributed by atoms with van der Waals surface area (Å²) in [4.78, 5) is 0. The summed E-state index contributed by atoms with van der Waals surface area (Å²) < 4.78 is 14.1. The first-order valence-corrected chi connectivity index (χ1v) is 7.58. The summed E-state index contributed by atoms with van der Waals surface area (Å²) in [7, 11) is 0. The van der Waals surface area contributed by atoms with Crippen LogP contribution < -0.4 is 11.3 Å². The van der Waals surface area contributed by atoms with E-state index in [9.17, 15) is 4.39 Å². The summed E-state index contributed by atoms with van der Waals surface area (Å²) in [5.74, 6) is 5.97. The molecule has 4 heteroatoms. The van der Waals surface area contributed by atoms with Gasteiger partial charge in [0, 0.05) is 10.6 Å². The van der Waals surface area contributed by atoms with Gasteiger partial charge in [0.1, 0.15) is 5.82 Å². The molecule has 1 aliphatic carbocycles. The molecule has 0 saturated heterocycles. The van der Waals surface area contributed by atoms with E-state index in [1.54, 1.807) is 12.1 Å². The van der Waals surface area contributed by atoms with Crippen LogP contribution in [0, 0.1) is 5.82 Å². The first-order chi connectivity index (χ1) is 10.2. The fourth-order valence-electron chi connectivity index (χ4n) is 2.80. The lowest BCUT2D eigenvalue weighted by molar-refractivity contribution is 0.419. The minimum Gasteiger partial charge on any atom is -0.271 e. The molecule has 3 rings (SSSR count). The number of halogens is 2. The van der Waals surface area contributed by atoms with Gasteiger partial charge in [-0.05, 0) is 42.0 Å². The molecule has 2 aromatic rings. The summed E-state index contributed by atoms with van der Waals surface area (Å²) in [6.07, 6.45) is 3.85. The number of nitrogens with two attached hydrogens (primary N) is 1. The van der Waals surface area contributed by atoms with Crippen LogP contribution in [-0.2, 0) is 0 Å². The molecule has 1 atom stereocenters. The van der Waals surface area contributed by atoms with Gasteiger partial charge in [-0.15, -0.1) is 0 Å². The van der Waals surface area contributed by atoms with E-state index in [4.69, 9.17) is 17.4 Å². The summed E-state index contributed by atoms with van der Waals surface area (Å²) in [6.45, 7) is 0. The maximum absolute atomic E-state index is 14.1. The Labute approximate surface area is 129 Å². The zero-order valence-electron chi connectivity index (χ0n) is 11.7. The third kappa shape index (κ3) is 2.95. The van der Waals surface area contributed by atoms with Gasteiger partial charge >= 0.3 is 0 Å². The predicted octanol–water partition coefficient (Wildman–Crippen LogP) is 4.30. The number of nitrogens with one attached hydrogen (secondary N) is 1. The molecule has 110 valence electrons. The molecular formula is C17H18ClFN2. The highest BCUT2D eigenvalue weighted by atomic mass is 35.5. The van der Waals surface area contributed by atoms with Gasteiger partial charge in [0.25, 0.3) is 0 Å². The molecule has 1 aliphatic rings. The zero-order chi connectivity index (χ0) is 14.8. The number of hydrazine groups is 1. The van der Waals surface area contributed by atoms with Gasteiger partial charge in [0.15, 0.2) is 0 Å². The molecule has 0 spiro atoms. The highest BCUT2D eigenvalue weighted by Gasteiger charge is 2.21. The second kappa shape index (κ2) is 6.14. The molecule has 21 heavy (non-hydrogen) atoms. The average Bonchev–Trinajstić information content (AvgIpc) is 2.42. The topological polar surface area (TPSA) is 38.0 Å². The normalized spacial score (nSPS) is 16.5. The molecular weight excluding hydrogens is 287 g/mol. The maximum atomic E-state index is 14.1. The molecule has 0 aromatic heterocycles. The van der Waals surface area contributed by atoms with E-state index in [0.717, 1.165) is 5.56 Å². The Bertz CT molecular complexity index is 623. The van der Waals surface area contributed by atoms with Crippen molar-refractivity contribution in [3.8, 4) is 0 Å². The summed E-state index contributed by atoms with van der Waals surface area (Å²) in [6, 6.07) is 12.6. The van der Waals surface area contributed by atoms with Crippen LogP contribution in [0.5, 0.6) is 0 Å². The van der Waals surface area contributed by atoms with Crippen molar-refractivity contribution in [2.24, 2.45) is 5.84 Å². The molecule has 0 radical (unpaired) electrons. The Morgan fingerprint density at radius 3 is 2.38 bits per heavy atom. The van der Waals surface area contributed by atoms with Crippen LogP contribution in [0.3, 0.4) is 0 Å². The van der Waals surface area contributed by atoms with Gasteiger partial charge in [-0.2, -0.15) is 0 Å². The second-order valence-corrected chi connectivity index (χ2v) is 6.00. The Balaban J connectivity index is 1.88. The van der Waals surface area contributed by atoms with Gasteiger partial charge < -0.3 is 0 Å². The molecule has 0 heterocycles. The van der Waals surface area contributed by atoms with Crippen molar-refractivity contribution in [2.45, 2.75) is 31.2 Å². The number of benzene rings is 2. The summed E-state index contributed by atoms with van der Waals surface area (Å²) in [5, 5.41) is 0.382. The molecule has 1 saturated carbocycles. The second-order valence-electron chi connectivity index (χ2n) is 5.56. The van der Waals surface area contributed by atoms with E-state index in [1.807, 2.05) is 12.1 Å². The lowest BCUT2D eigenvalue weighted by atomic mass is 9.79. The van der Waals surface area contributed by atoms with Crippen molar-refractivity contribution < 1.29 is 4.39 Å². The van der Waals surface area contributed by atoms with Crippen LogP contribution in [-0.4, -0.2) is 0 Å². The summed E-state index contributed by atoms with van der Waals surface area (Å²) in [5.41, 5.74) is 5.49. The predicted molar refractivity (Wildman–Crippen MR) is 83.6 cm³/mol. The number of hydrogen-bond donors (Lipinski definition) is 2. The molecule has 1 fully saturated rings. The standard InChI is InChI=1S/C17H18ClFN2/c18-14-8-9-15(16(19)10-14)17(21-20)13-6-4-12(5-7-13)11-2-1-3-11/h4-11,17,21H,1-3,20H2. The maximum Gasteiger partial charge on any atom is 0.129 e. The van der Waals surface area contributed by atoms with Crippen molar-refractivity contribution >= 4 is 11.6 Å². The van der Waals surface area contributed by atoms with Crippen LogP contribution in [0.15, 0.2) is 42.5 Å². The molecule has 2 nitrogen and oxygen atoms in total. The summed E-state index contributed by atoms with van der Waals surface area (Å²) >= 11 is 5.80. The van der Waals surface area contributed by atoms with Crippen LogP contribution in [0.25, 0.3) is 0 Å². The molecule has 2 aromatic carbocycles. The van der Waals surface area contributed by atoms with Gasteiger partial charge in [0.2, 0.25) is 0 Å². The van der Waals surface area contributed by atoms with Gasteiger partial charge in [-0.3, -0.25) is 5.84 Å². The molecule has 0 bridgehead atoms. The number of hydrogen-bond acceptors (Lipinski definition) is 2. The third-order valence-electron chi connectivity index (χ3n) is 4.29. The van der Waals surface area contributed by atoms with E-state index in [1.165, 1.54) is 30.9 Å². The van der Waals surface area contributed by atoms with E-state index < -0.39 is 0 Å². The van der Waals surface area contributed by atoms with Crippen molar-refractivity contribution in [3.05, 3.63) is 70.0 Å². The average molecular weight is 305 g/mol. The van der Waals surface area contributed by atoms with Gasteiger partial charge in [-0.25, -0.2) is 9.82 Å². The first-order valence-electron chi connectivity index (χ1n) is 7.20. The fourth-order valence-corrected chi connectivity index (χ4v) is 2.96. The van der Waals surface area contributed by atoms with Crippen molar-refractivity contribution in [3.63, 3.8) is 0 Å². The fraction of sp³-hybridized carbons (Fsp3) is 0.294. The van der Waals surface area contributed by atoms with Crippen molar-refractivity contribution in [1.29, 1.82) is 0 Å². The van der Waals surface area contributed by atoms with Crippen LogP contribution >= 0.6 is 11.6 Å². The van der Waals surface area contributed by atoms with E-state index >= 15 is 0 Å². The lowest BCUT2D eigenvalue weighted by Crippen LogP contribution is -2.29. The van der Waals surface area contributed by atoms with Crippen molar-refractivity contribution in [1.82, 2.24) is 5.43 Å². The monoisotopic (exact) mass is 304 g/mol. The molecule has 1 unspecified atom stereocenters. The highest BCUT2D eigenvalue weighted by molar-refractivity contribution is 6.30. The van der Waals surface area contributed by atoms with Crippen molar-refractivity contribution in [2.75, 3.05) is 0 Å². The Morgan fingerprint density at radius 2 is 1.86 bits per heavy atom. The van der Waals surface area contributed by atoms with Crippen LogP contribution in [0.2, 0.25) is 5.02 Å². The van der Waals surface area contributed by atoms with Gasteiger partial charge in [0.05, 0.1) is 6.04 Å². The molecule has 0 amide bonds. The minimum atomic E-state index is -0.377. The number of rotatable bonds is 4. The zero-order valence-corrected chi connectivity index (χ0v) is 12.4. The Hall–Kier alpha value is -1.42. The quantitative estimate of drug-likeness (QED) is 0.653. The van der Waals surface area contributed by atoms with Crippen LogP contribution in [0.1, 0.15) is 47.9 Å². The van der Waals surface area contributed by atoms with Crippen LogP contribution in [0.4, 0.5) is 4.39 Å². The lowest BCUT2D eigenvalue weighted by Gasteiger charge is -2.26. The van der Waals surface area contributed by atoms with E-state index in [0.29, 0.717) is 16.5 Å². The smallest absolute Gasteiger partial charge is 0.129 e.